The maximum atomic E-state index is 13.8. The molecule has 39 heavy (non-hydrogen) atoms. The van der Waals surface area contributed by atoms with E-state index in [4.69, 9.17) is 10.5 Å². The van der Waals surface area contributed by atoms with Gasteiger partial charge in [0.25, 0.3) is 0 Å². The van der Waals surface area contributed by atoms with Crippen molar-refractivity contribution in [3.05, 3.63) is 70.8 Å². The lowest BCUT2D eigenvalue weighted by Crippen LogP contribution is -2.50. The lowest BCUT2D eigenvalue weighted by molar-refractivity contribution is -0.153. The number of nitrogens with one attached hydrogen (secondary N) is 2. The molecule has 1 unspecified atom stereocenters. The van der Waals surface area contributed by atoms with Crippen LogP contribution in [0.5, 0.6) is 0 Å². The Morgan fingerprint density at radius 1 is 1.05 bits per heavy atom. The molecule has 0 saturated carbocycles. The van der Waals surface area contributed by atoms with Crippen molar-refractivity contribution >= 4 is 12.1 Å². The minimum atomic E-state index is -1.17. The molecule has 1 amide bonds. The number of methoxy groups -OCH3 is 1. The van der Waals surface area contributed by atoms with Crippen LogP contribution in [-0.4, -0.2) is 55.1 Å². The molecule has 10 heteroatoms. The standard InChI is InChI=1S/C29H41F2N3O5/c1-4-6-10-24(35)16-26(34-29(37)38-3)28(36)39-27(18-33-17-20-9-7-8-19(5-2)11-20)25(32)14-21-12-22(30)15-23(31)13-21/h7-9,11-13,15,24-27,33,35H,4-6,10,14,16-18,32H2,1-3H3,(H,34,37)/t24?,25-,26+,27+/m0/s1. The van der Waals surface area contributed by atoms with Crippen LogP contribution in [0.3, 0.4) is 0 Å². The zero-order valence-electron chi connectivity index (χ0n) is 22.9. The van der Waals surface area contributed by atoms with E-state index < -0.39 is 48.0 Å². The first-order valence-corrected chi connectivity index (χ1v) is 13.4. The number of rotatable bonds is 16. The summed E-state index contributed by atoms with van der Waals surface area (Å²) in [7, 11) is 1.17. The number of aliphatic hydroxyl groups is 1. The third kappa shape index (κ3) is 11.7. The number of hydrogen-bond donors (Lipinski definition) is 4. The fourth-order valence-corrected chi connectivity index (χ4v) is 4.21. The summed E-state index contributed by atoms with van der Waals surface area (Å²) in [6.07, 6.45) is 0.333. The van der Waals surface area contributed by atoms with Crippen LogP contribution in [0.15, 0.2) is 42.5 Å². The summed E-state index contributed by atoms with van der Waals surface area (Å²) in [5.41, 5.74) is 8.92. The van der Waals surface area contributed by atoms with E-state index in [1.54, 1.807) is 0 Å². The van der Waals surface area contributed by atoms with Crippen molar-refractivity contribution in [1.29, 1.82) is 0 Å². The molecule has 0 bridgehead atoms. The molecular formula is C29H41F2N3O5. The number of amides is 1. The minimum Gasteiger partial charge on any atom is -0.458 e. The Morgan fingerprint density at radius 2 is 1.74 bits per heavy atom. The molecule has 0 saturated heterocycles. The van der Waals surface area contributed by atoms with Gasteiger partial charge in [0.15, 0.2) is 0 Å². The summed E-state index contributed by atoms with van der Waals surface area (Å²) in [6, 6.07) is 9.16. The van der Waals surface area contributed by atoms with Gasteiger partial charge in [-0.25, -0.2) is 18.4 Å². The number of halogens is 2. The Bertz CT molecular complexity index is 1040. The highest BCUT2D eigenvalue weighted by atomic mass is 19.1. The number of unbranched alkanes of at least 4 members (excludes halogenated alkanes) is 1. The number of carbonyl (C=O) groups is 2. The third-order valence-electron chi connectivity index (χ3n) is 6.37. The van der Waals surface area contributed by atoms with Crippen LogP contribution in [0.2, 0.25) is 0 Å². The first kappa shape index (κ1) is 32.1. The third-order valence-corrected chi connectivity index (χ3v) is 6.37. The smallest absolute Gasteiger partial charge is 0.407 e. The molecule has 0 aliphatic heterocycles. The van der Waals surface area contributed by atoms with Gasteiger partial charge in [-0.3, -0.25) is 0 Å². The number of alkyl carbamates (subject to hydrolysis) is 1. The van der Waals surface area contributed by atoms with Gasteiger partial charge in [-0.1, -0.05) is 51.0 Å². The van der Waals surface area contributed by atoms with Crippen LogP contribution in [0, 0.1) is 11.6 Å². The molecule has 0 heterocycles. The van der Waals surface area contributed by atoms with E-state index in [0.29, 0.717) is 18.5 Å². The number of carbonyl (C=O) groups excluding carboxylic acids is 2. The first-order chi connectivity index (χ1) is 18.6. The van der Waals surface area contributed by atoms with Crippen LogP contribution in [0.25, 0.3) is 0 Å². The van der Waals surface area contributed by atoms with Crippen LogP contribution in [-0.2, 0) is 33.7 Å². The maximum Gasteiger partial charge on any atom is 0.407 e. The molecule has 2 aromatic rings. The largest absolute Gasteiger partial charge is 0.458 e. The SMILES string of the molecule is CCCCC(O)C[C@@H](NC(=O)OC)C(=O)O[C@H](CNCc1cccc(CC)c1)[C@@H](N)Cc1cc(F)cc(F)c1. The first-order valence-electron chi connectivity index (χ1n) is 13.4. The highest BCUT2D eigenvalue weighted by molar-refractivity contribution is 5.81. The highest BCUT2D eigenvalue weighted by Crippen LogP contribution is 2.15. The normalized spacial score (nSPS) is 14.2. The molecule has 0 aliphatic rings. The van der Waals surface area contributed by atoms with Crippen LogP contribution < -0.4 is 16.4 Å². The molecule has 8 nitrogen and oxygen atoms in total. The zero-order valence-corrected chi connectivity index (χ0v) is 22.9. The van der Waals surface area contributed by atoms with Crippen molar-refractivity contribution in [1.82, 2.24) is 10.6 Å². The van der Waals surface area contributed by atoms with E-state index in [1.165, 1.54) is 24.8 Å². The molecular weight excluding hydrogens is 508 g/mol. The number of esters is 1. The molecule has 0 spiro atoms. The van der Waals surface area contributed by atoms with E-state index in [9.17, 15) is 23.5 Å². The second kappa shape index (κ2) is 16.8. The number of hydrogen-bond acceptors (Lipinski definition) is 7. The maximum absolute atomic E-state index is 13.8. The van der Waals surface area contributed by atoms with Gasteiger partial charge < -0.3 is 30.9 Å². The van der Waals surface area contributed by atoms with Gasteiger partial charge >= 0.3 is 12.1 Å². The number of aryl methyl sites for hydroxylation is 1. The fraction of sp³-hybridized carbons (Fsp3) is 0.517. The molecule has 0 aromatic heterocycles. The lowest BCUT2D eigenvalue weighted by atomic mass is 10.0. The highest BCUT2D eigenvalue weighted by Gasteiger charge is 2.30. The molecule has 0 aliphatic carbocycles. The van der Waals surface area contributed by atoms with Crippen molar-refractivity contribution < 1.29 is 33.0 Å². The van der Waals surface area contributed by atoms with Crippen LogP contribution in [0.4, 0.5) is 13.6 Å². The number of aliphatic hydroxyl groups excluding tert-OH is 1. The lowest BCUT2D eigenvalue weighted by Gasteiger charge is -2.28. The summed E-state index contributed by atoms with van der Waals surface area (Å²) < 4.78 is 37.9. The Balaban J connectivity index is 2.18. The van der Waals surface area contributed by atoms with E-state index >= 15 is 0 Å². The Morgan fingerprint density at radius 3 is 2.38 bits per heavy atom. The van der Waals surface area contributed by atoms with Gasteiger partial charge in [0.2, 0.25) is 0 Å². The van der Waals surface area contributed by atoms with Crippen molar-refractivity contribution in [3.8, 4) is 0 Å². The van der Waals surface area contributed by atoms with E-state index in [1.807, 2.05) is 25.1 Å². The molecule has 0 radical (unpaired) electrons. The van der Waals surface area contributed by atoms with E-state index in [0.717, 1.165) is 30.9 Å². The minimum absolute atomic E-state index is 0.0356. The summed E-state index contributed by atoms with van der Waals surface area (Å²) in [6.45, 7) is 4.66. The second-order valence-corrected chi connectivity index (χ2v) is 9.65. The monoisotopic (exact) mass is 549 g/mol. The van der Waals surface area contributed by atoms with Crippen molar-refractivity contribution in [2.75, 3.05) is 13.7 Å². The molecule has 4 atom stereocenters. The summed E-state index contributed by atoms with van der Waals surface area (Å²) in [5.74, 6) is -2.26. The van der Waals surface area contributed by atoms with Crippen LogP contribution in [0.1, 0.15) is 56.2 Å². The van der Waals surface area contributed by atoms with Gasteiger partial charge in [-0.2, -0.15) is 0 Å². The van der Waals surface area contributed by atoms with Crippen molar-refractivity contribution in [3.63, 3.8) is 0 Å². The molecule has 0 fully saturated rings. The Hall–Kier alpha value is -3.08. The van der Waals surface area contributed by atoms with E-state index in [-0.39, 0.29) is 19.4 Å². The average molecular weight is 550 g/mol. The van der Waals surface area contributed by atoms with Gasteiger partial charge in [0, 0.05) is 31.6 Å². The van der Waals surface area contributed by atoms with Crippen LogP contribution >= 0.6 is 0 Å². The Labute approximate surface area is 229 Å². The molecule has 2 rings (SSSR count). The summed E-state index contributed by atoms with van der Waals surface area (Å²) in [5, 5.41) is 16.0. The molecule has 2 aromatic carbocycles. The number of benzene rings is 2. The topological polar surface area (TPSA) is 123 Å². The number of ether oxygens (including phenoxy) is 2. The van der Waals surface area contributed by atoms with Crippen molar-refractivity contribution in [2.45, 2.75) is 83.2 Å². The average Bonchev–Trinajstić information content (AvgIpc) is 2.90. The van der Waals surface area contributed by atoms with Gasteiger partial charge in [0.05, 0.1) is 13.2 Å². The van der Waals surface area contributed by atoms with Gasteiger partial charge in [-0.05, 0) is 48.1 Å². The van der Waals surface area contributed by atoms with E-state index in [2.05, 4.69) is 28.4 Å². The van der Waals surface area contributed by atoms with Crippen molar-refractivity contribution in [2.24, 2.45) is 5.73 Å². The number of nitrogens with two attached hydrogens (primary N) is 1. The Kier molecular flexibility index (Phi) is 13.8. The summed E-state index contributed by atoms with van der Waals surface area (Å²) in [4.78, 5) is 25.1. The van der Waals surface area contributed by atoms with Gasteiger partial charge in [-0.15, -0.1) is 0 Å². The molecule has 216 valence electrons. The zero-order chi connectivity index (χ0) is 28.8. The molecule has 5 N–H and O–H groups in total. The summed E-state index contributed by atoms with van der Waals surface area (Å²) >= 11 is 0. The predicted molar refractivity (Wildman–Crippen MR) is 145 cm³/mol. The predicted octanol–water partition coefficient (Wildman–Crippen LogP) is 3.76. The van der Waals surface area contributed by atoms with Gasteiger partial charge in [0.1, 0.15) is 23.8 Å². The fourth-order valence-electron chi connectivity index (χ4n) is 4.21. The second-order valence-electron chi connectivity index (χ2n) is 9.65. The quantitative estimate of drug-likeness (QED) is 0.235.